The lowest BCUT2D eigenvalue weighted by molar-refractivity contribution is 0.528. The first-order valence-corrected chi connectivity index (χ1v) is 6.40. The van der Waals surface area contributed by atoms with Crippen LogP contribution in [-0.2, 0) is 0 Å². The molecule has 0 saturated carbocycles. The van der Waals surface area contributed by atoms with Gasteiger partial charge in [0.1, 0.15) is 5.76 Å². The van der Waals surface area contributed by atoms with E-state index in [1.165, 1.54) is 5.56 Å². The van der Waals surface area contributed by atoms with Gasteiger partial charge in [0.05, 0.1) is 12.3 Å². The van der Waals surface area contributed by atoms with Crippen molar-refractivity contribution < 1.29 is 4.42 Å². The molecule has 0 saturated heterocycles. The minimum absolute atomic E-state index is 0.197. The molecule has 1 N–H and O–H groups in total. The number of rotatable bonds is 3. The molecule has 2 heterocycles. The van der Waals surface area contributed by atoms with Crippen molar-refractivity contribution in [1.29, 1.82) is 0 Å². The van der Waals surface area contributed by atoms with Crippen LogP contribution in [0.1, 0.15) is 22.9 Å². The lowest BCUT2D eigenvalue weighted by Crippen LogP contribution is -2.16. The van der Waals surface area contributed by atoms with E-state index >= 15 is 0 Å². The third-order valence-electron chi connectivity index (χ3n) is 2.33. The fourth-order valence-electron chi connectivity index (χ4n) is 1.61. The summed E-state index contributed by atoms with van der Waals surface area (Å²) in [6, 6.07) is 2.26. The number of hydrogen-bond donors (Lipinski definition) is 1. The highest BCUT2D eigenvalue weighted by Gasteiger charge is 2.17. The van der Waals surface area contributed by atoms with Gasteiger partial charge in [-0.3, -0.25) is 0 Å². The van der Waals surface area contributed by atoms with E-state index in [2.05, 4.69) is 38.1 Å². The normalized spacial score (nSPS) is 13.0. The summed E-state index contributed by atoms with van der Waals surface area (Å²) < 4.78 is 6.48. The van der Waals surface area contributed by atoms with Crippen molar-refractivity contribution in [1.82, 2.24) is 5.32 Å². The van der Waals surface area contributed by atoms with Gasteiger partial charge >= 0.3 is 0 Å². The van der Waals surface area contributed by atoms with Gasteiger partial charge in [-0.1, -0.05) is 0 Å². The van der Waals surface area contributed by atoms with E-state index in [4.69, 9.17) is 4.42 Å². The summed E-state index contributed by atoms with van der Waals surface area (Å²) in [5, 5.41) is 7.53. The second-order valence-electron chi connectivity index (χ2n) is 3.39. The van der Waals surface area contributed by atoms with Crippen LogP contribution in [0.25, 0.3) is 0 Å². The maximum absolute atomic E-state index is 5.33. The molecule has 0 aliphatic heterocycles. The van der Waals surface area contributed by atoms with Gasteiger partial charge < -0.3 is 9.73 Å². The van der Waals surface area contributed by atoms with Gasteiger partial charge in [-0.2, -0.15) is 11.3 Å². The monoisotopic (exact) mass is 285 g/mol. The summed E-state index contributed by atoms with van der Waals surface area (Å²) in [6.07, 6.45) is 1.81. The third kappa shape index (κ3) is 2.17. The zero-order chi connectivity index (χ0) is 10.8. The summed E-state index contributed by atoms with van der Waals surface area (Å²) >= 11 is 5.25. The van der Waals surface area contributed by atoms with Gasteiger partial charge in [-0.25, -0.2) is 0 Å². The van der Waals surface area contributed by atoms with Gasteiger partial charge in [0.15, 0.2) is 0 Å². The van der Waals surface area contributed by atoms with Crippen molar-refractivity contribution in [2.45, 2.75) is 13.0 Å². The standard InChI is InChI=1S/C11H12BrNOS/c1-7-3-8(4-14-7)11(13-2)9-5-15-6-10(9)12/h3-6,11,13H,1-2H3. The molecule has 2 rings (SSSR count). The Bertz CT molecular complexity index is 449. The molecule has 0 aromatic carbocycles. The van der Waals surface area contributed by atoms with Crippen LogP contribution in [0.3, 0.4) is 0 Å². The molecule has 80 valence electrons. The van der Waals surface area contributed by atoms with E-state index in [1.54, 1.807) is 17.6 Å². The molecule has 0 radical (unpaired) electrons. The van der Waals surface area contributed by atoms with E-state index in [9.17, 15) is 0 Å². The topological polar surface area (TPSA) is 25.2 Å². The Labute approximate surface area is 101 Å². The molecule has 2 aromatic rings. The van der Waals surface area contributed by atoms with Crippen LogP contribution >= 0.6 is 27.3 Å². The van der Waals surface area contributed by atoms with Crippen LogP contribution in [0.5, 0.6) is 0 Å². The molecule has 0 bridgehead atoms. The first kappa shape index (κ1) is 10.9. The minimum atomic E-state index is 0.197. The predicted molar refractivity (Wildman–Crippen MR) is 66.4 cm³/mol. The molecule has 1 atom stereocenters. The number of furan rings is 1. The molecule has 0 aliphatic carbocycles. The number of nitrogens with one attached hydrogen (secondary N) is 1. The fraction of sp³-hybridized carbons (Fsp3) is 0.273. The SMILES string of the molecule is CNC(c1coc(C)c1)c1cscc1Br. The molecular formula is C11H12BrNOS. The highest BCUT2D eigenvalue weighted by Crippen LogP contribution is 2.31. The van der Waals surface area contributed by atoms with E-state index < -0.39 is 0 Å². The molecule has 0 spiro atoms. The number of halogens is 1. The summed E-state index contributed by atoms with van der Waals surface area (Å²) in [5.41, 5.74) is 2.41. The van der Waals surface area contributed by atoms with E-state index in [0.717, 1.165) is 15.8 Å². The average molecular weight is 286 g/mol. The molecule has 4 heteroatoms. The summed E-state index contributed by atoms with van der Waals surface area (Å²) in [6.45, 7) is 1.96. The van der Waals surface area contributed by atoms with Gasteiger partial charge in [0.25, 0.3) is 0 Å². The molecule has 0 fully saturated rings. The number of hydrogen-bond acceptors (Lipinski definition) is 3. The van der Waals surface area contributed by atoms with Gasteiger partial charge in [-0.05, 0) is 46.9 Å². The Hall–Kier alpha value is -0.580. The van der Waals surface area contributed by atoms with E-state index in [1.807, 2.05) is 14.0 Å². The van der Waals surface area contributed by atoms with Crippen molar-refractivity contribution in [3.05, 3.63) is 44.4 Å². The van der Waals surface area contributed by atoms with Gasteiger partial charge in [0.2, 0.25) is 0 Å². The predicted octanol–water partition coefficient (Wildman–Crippen LogP) is 3.72. The smallest absolute Gasteiger partial charge is 0.101 e. The molecule has 0 aliphatic rings. The highest BCUT2D eigenvalue weighted by molar-refractivity contribution is 9.10. The van der Waals surface area contributed by atoms with Crippen molar-refractivity contribution >= 4 is 27.3 Å². The van der Waals surface area contributed by atoms with Crippen molar-refractivity contribution in [3.63, 3.8) is 0 Å². The average Bonchev–Trinajstić information content (AvgIpc) is 2.79. The first-order chi connectivity index (χ1) is 7.22. The van der Waals surface area contributed by atoms with Gasteiger partial charge in [0, 0.05) is 15.4 Å². The second-order valence-corrected chi connectivity index (χ2v) is 4.99. The molecule has 15 heavy (non-hydrogen) atoms. The van der Waals surface area contributed by atoms with Crippen molar-refractivity contribution in [2.24, 2.45) is 0 Å². The summed E-state index contributed by atoms with van der Waals surface area (Å²) in [4.78, 5) is 0. The Kier molecular flexibility index (Phi) is 3.29. The van der Waals surface area contributed by atoms with Crippen LogP contribution in [-0.4, -0.2) is 7.05 Å². The molecule has 0 amide bonds. The number of aryl methyl sites for hydroxylation is 1. The lowest BCUT2D eigenvalue weighted by atomic mass is 10.0. The first-order valence-electron chi connectivity index (χ1n) is 4.66. The Balaban J connectivity index is 2.36. The molecular weight excluding hydrogens is 274 g/mol. The van der Waals surface area contributed by atoms with Crippen molar-refractivity contribution in [2.75, 3.05) is 7.05 Å². The second kappa shape index (κ2) is 4.51. The van der Waals surface area contributed by atoms with Crippen LogP contribution in [0.2, 0.25) is 0 Å². The minimum Gasteiger partial charge on any atom is -0.469 e. The van der Waals surface area contributed by atoms with Crippen molar-refractivity contribution in [3.8, 4) is 0 Å². The van der Waals surface area contributed by atoms with Crippen LogP contribution < -0.4 is 5.32 Å². The largest absolute Gasteiger partial charge is 0.469 e. The molecule has 2 nitrogen and oxygen atoms in total. The highest BCUT2D eigenvalue weighted by atomic mass is 79.9. The fourth-order valence-corrected chi connectivity index (χ4v) is 3.17. The van der Waals surface area contributed by atoms with E-state index in [-0.39, 0.29) is 6.04 Å². The summed E-state index contributed by atoms with van der Waals surface area (Å²) in [5.74, 6) is 0.941. The quantitative estimate of drug-likeness (QED) is 0.930. The Morgan fingerprint density at radius 2 is 2.27 bits per heavy atom. The zero-order valence-electron chi connectivity index (χ0n) is 8.58. The molecule has 1 unspecified atom stereocenters. The lowest BCUT2D eigenvalue weighted by Gasteiger charge is -2.13. The summed E-state index contributed by atoms with van der Waals surface area (Å²) in [7, 11) is 1.96. The third-order valence-corrected chi connectivity index (χ3v) is 4.08. The van der Waals surface area contributed by atoms with Crippen LogP contribution in [0.4, 0.5) is 0 Å². The van der Waals surface area contributed by atoms with Crippen LogP contribution in [0, 0.1) is 6.92 Å². The van der Waals surface area contributed by atoms with Gasteiger partial charge in [-0.15, -0.1) is 0 Å². The maximum Gasteiger partial charge on any atom is 0.101 e. The maximum atomic E-state index is 5.33. The Morgan fingerprint density at radius 1 is 1.47 bits per heavy atom. The Morgan fingerprint density at radius 3 is 2.73 bits per heavy atom. The van der Waals surface area contributed by atoms with Crippen LogP contribution in [0.15, 0.2) is 32.0 Å². The van der Waals surface area contributed by atoms with E-state index in [0.29, 0.717) is 0 Å². The zero-order valence-corrected chi connectivity index (χ0v) is 11.0. The number of thiophene rings is 1. The molecule has 2 aromatic heterocycles.